The lowest BCUT2D eigenvalue weighted by Crippen LogP contribution is -2.30. The highest BCUT2D eigenvalue weighted by Gasteiger charge is 2.10. The second-order valence-corrected chi connectivity index (χ2v) is 7.82. The molecule has 0 saturated carbocycles. The van der Waals surface area contributed by atoms with Crippen molar-refractivity contribution in [2.75, 3.05) is 0 Å². The number of rotatable bonds is 10. The summed E-state index contributed by atoms with van der Waals surface area (Å²) in [5.74, 6) is 2.04. The van der Waals surface area contributed by atoms with Crippen LogP contribution in [0.2, 0.25) is 0 Å². The zero-order chi connectivity index (χ0) is 18.6. The Balaban J connectivity index is 0. The smallest absolute Gasteiger partial charge is 0.0485 e. The fourth-order valence-corrected chi connectivity index (χ4v) is 2.70. The Morgan fingerprint density at radius 2 is 1.48 bits per heavy atom. The molecule has 0 rings (SSSR count). The minimum absolute atomic E-state index is 0.373. The Morgan fingerprint density at radius 1 is 0.957 bits per heavy atom. The number of nitrogens with one attached hydrogen (secondary N) is 2. The van der Waals surface area contributed by atoms with Gasteiger partial charge in [-0.1, -0.05) is 66.9 Å². The Labute approximate surface area is 146 Å². The van der Waals surface area contributed by atoms with Crippen molar-refractivity contribution in [3.05, 3.63) is 37.2 Å². The Hall–Kier alpha value is -1.18. The fraction of sp³-hybridized carbons (Fsp3) is 0.714. The molecule has 0 radical (unpaired) electrons. The molecule has 0 heterocycles. The van der Waals surface area contributed by atoms with E-state index < -0.39 is 0 Å². The molecule has 0 aliphatic carbocycles. The van der Waals surface area contributed by atoms with Gasteiger partial charge in [0.1, 0.15) is 0 Å². The van der Waals surface area contributed by atoms with E-state index in [1.165, 1.54) is 12.1 Å². The van der Waals surface area contributed by atoms with Crippen LogP contribution in [-0.4, -0.2) is 12.1 Å². The first-order chi connectivity index (χ1) is 10.5. The van der Waals surface area contributed by atoms with Crippen LogP contribution in [0.1, 0.15) is 68.2 Å². The highest BCUT2D eigenvalue weighted by molar-refractivity contribution is 5.04. The minimum Gasteiger partial charge on any atom is -0.386 e. The third kappa shape index (κ3) is 15.5. The molecule has 136 valence electrons. The van der Waals surface area contributed by atoms with Crippen LogP contribution < -0.4 is 10.6 Å². The summed E-state index contributed by atoms with van der Waals surface area (Å²) in [5, 5.41) is 6.59. The van der Waals surface area contributed by atoms with Crippen LogP contribution in [0, 0.1) is 17.8 Å². The van der Waals surface area contributed by atoms with Gasteiger partial charge in [-0.25, -0.2) is 0 Å². The Morgan fingerprint density at radius 3 is 1.74 bits per heavy atom. The van der Waals surface area contributed by atoms with Crippen LogP contribution in [0.25, 0.3) is 0 Å². The van der Waals surface area contributed by atoms with Gasteiger partial charge in [0.25, 0.3) is 0 Å². The van der Waals surface area contributed by atoms with Gasteiger partial charge in [-0.2, -0.15) is 0 Å². The molecule has 0 fully saturated rings. The maximum Gasteiger partial charge on any atom is 0.0485 e. The van der Waals surface area contributed by atoms with Crippen LogP contribution in [-0.2, 0) is 0 Å². The molecule has 23 heavy (non-hydrogen) atoms. The van der Waals surface area contributed by atoms with E-state index in [1.807, 2.05) is 6.92 Å². The standard InChI is InChI=1S/C12H25N.C9H17N/c1-9(2)7-11(5)13-12(6)8-10(3)4;1-6-10-9(7(2)3)8(4)5/h9-10,12-13H,5,7-8H2,1-4,6H3;6,8-10H,1-2H2,3-5H3. The predicted molar refractivity (Wildman–Crippen MR) is 107 cm³/mol. The third-order valence-electron chi connectivity index (χ3n) is 3.43. The quantitative estimate of drug-likeness (QED) is 0.490. The number of hydrogen-bond donors (Lipinski definition) is 2. The number of allylic oxidation sites excluding steroid dienone is 1. The molecule has 0 amide bonds. The van der Waals surface area contributed by atoms with E-state index in [0.717, 1.165) is 17.9 Å². The van der Waals surface area contributed by atoms with Gasteiger partial charge in [0.2, 0.25) is 0 Å². The largest absolute Gasteiger partial charge is 0.386 e. The molecule has 2 nitrogen and oxygen atoms in total. The van der Waals surface area contributed by atoms with Gasteiger partial charge in [0.05, 0.1) is 0 Å². The average Bonchev–Trinajstić information content (AvgIpc) is 2.33. The molecular weight excluding hydrogens is 280 g/mol. The van der Waals surface area contributed by atoms with E-state index in [0.29, 0.717) is 23.9 Å². The van der Waals surface area contributed by atoms with Crippen LogP contribution in [0.5, 0.6) is 0 Å². The van der Waals surface area contributed by atoms with Crippen molar-refractivity contribution >= 4 is 0 Å². The summed E-state index contributed by atoms with van der Waals surface area (Å²) in [6.45, 7) is 29.1. The lowest BCUT2D eigenvalue weighted by atomic mass is 9.99. The number of hydrogen-bond acceptors (Lipinski definition) is 2. The van der Waals surface area contributed by atoms with Crippen LogP contribution in [0.4, 0.5) is 0 Å². The average molecular weight is 323 g/mol. The minimum atomic E-state index is 0.373. The molecule has 0 aromatic heterocycles. The van der Waals surface area contributed by atoms with E-state index in [9.17, 15) is 0 Å². The molecular formula is C21H42N2. The summed E-state index contributed by atoms with van der Waals surface area (Å²) < 4.78 is 0. The molecule has 0 aromatic carbocycles. The Kier molecular flexibility index (Phi) is 13.9. The summed E-state index contributed by atoms with van der Waals surface area (Å²) in [6.07, 6.45) is 4.03. The lowest BCUT2D eigenvalue weighted by molar-refractivity contribution is 0.457. The van der Waals surface area contributed by atoms with Gasteiger partial charge in [0.15, 0.2) is 0 Å². The van der Waals surface area contributed by atoms with Gasteiger partial charge in [0, 0.05) is 17.8 Å². The van der Waals surface area contributed by atoms with Gasteiger partial charge < -0.3 is 10.6 Å². The van der Waals surface area contributed by atoms with Crippen molar-refractivity contribution in [1.29, 1.82) is 0 Å². The molecule has 0 aliphatic heterocycles. The highest BCUT2D eigenvalue weighted by atomic mass is 14.9. The van der Waals surface area contributed by atoms with E-state index in [2.05, 4.69) is 78.8 Å². The first kappa shape index (κ1) is 24.1. The fourth-order valence-electron chi connectivity index (χ4n) is 2.70. The summed E-state index contributed by atoms with van der Waals surface area (Å²) >= 11 is 0. The third-order valence-corrected chi connectivity index (χ3v) is 3.43. The van der Waals surface area contributed by atoms with Crippen molar-refractivity contribution in [3.8, 4) is 0 Å². The molecule has 2 atom stereocenters. The van der Waals surface area contributed by atoms with Gasteiger partial charge in [-0.05, 0) is 50.6 Å². The zero-order valence-corrected chi connectivity index (χ0v) is 17.0. The summed E-state index contributed by atoms with van der Waals surface area (Å²) in [4.78, 5) is 0. The molecule has 0 saturated heterocycles. The maximum absolute atomic E-state index is 4.03. The topological polar surface area (TPSA) is 24.1 Å². The summed E-state index contributed by atoms with van der Waals surface area (Å²) in [5.41, 5.74) is 2.35. The van der Waals surface area contributed by atoms with E-state index in [4.69, 9.17) is 0 Å². The van der Waals surface area contributed by atoms with Crippen molar-refractivity contribution in [3.63, 3.8) is 0 Å². The SMILES string of the molecule is C=C(CC(C)C)NC(C)CC(C)C.C=CNC(C(=C)C)C(C)C. The molecule has 0 spiro atoms. The lowest BCUT2D eigenvalue weighted by Gasteiger charge is -2.20. The second kappa shape index (κ2) is 13.3. The van der Waals surface area contributed by atoms with Gasteiger partial charge >= 0.3 is 0 Å². The molecule has 2 unspecified atom stereocenters. The monoisotopic (exact) mass is 322 g/mol. The highest BCUT2D eigenvalue weighted by Crippen LogP contribution is 2.10. The van der Waals surface area contributed by atoms with Crippen molar-refractivity contribution in [2.24, 2.45) is 17.8 Å². The Bertz CT molecular complexity index is 340. The van der Waals surface area contributed by atoms with Crippen molar-refractivity contribution in [1.82, 2.24) is 10.6 Å². The van der Waals surface area contributed by atoms with Crippen molar-refractivity contribution in [2.45, 2.75) is 80.3 Å². The van der Waals surface area contributed by atoms with Gasteiger partial charge in [-0.15, -0.1) is 0 Å². The second-order valence-electron chi connectivity index (χ2n) is 7.82. The van der Waals surface area contributed by atoms with E-state index in [1.54, 1.807) is 6.20 Å². The van der Waals surface area contributed by atoms with Crippen LogP contribution >= 0.6 is 0 Å². The summed E-state index contributed by atoms with van der Waals surface area (Å²) in [7, 11) is 0. The molecule has 2 N–H and O–H groups in total. The van der Waals surface area contributed by atoms with E-state index in [-0.39, 0.29) is 0 Å². The maximum atomic E-state index is 4.03. The van der Waals surface area contributed by atoms with Crippen LogP contribution in [0.3, 0.4) is 0 Å². The van der Waals surface area contributed by atoms with Crippen LogP contribution in [0.15, 0.2) is 37.2 Å². The molecule has 0 aliphatic rings. The first-order valence-corrected chi connectivity index (χ1v) is 8.97. The zero-order valence-electron chi connectivity index (χ0n) is 17.0. The van der Waals surface area contributed by atoms with E-state index >= 15 is 0 Å². The first-order valence-electron chi connectivity index (χ1n) is 8.97. The normalized spacial score (nSPS) is 13.2. The molecule has 0 bridgehead atoms. The van der Waals surface area contributed by atoms with Gasteiger partial charge in [-0.3, -0.25) is 0 Å². The van der Waals surface area contributed by atoms with Crippen molar-refractivity contribution < 1.29 is 0 Å². The predicted octanol–water partition coefficient (Wildman–Crippen LogP) is 5.89. The summed E-state index contributed by atoms with van der Waals surface area (Å²) in [6, 6.07) is 0.934. The molecule has 2 heteroatoms. The molecule has 0 aromatic rings.